The maximum absolute atomic E-state index is 12.2. The second-order valence-electron chi connectivity index (χ2n) is 6.59. The van der Waals surface area contributed by atoms with Gasteiger partial charge in [0.15, 0.2) is 0 Å². The summed E-state index contributed by atoms with van der Waals surface area (Å²) >= 11 is 0. The lowest BCUT2D eigenvalue weighted by Gasteiger charge is -2.34. The summed E-state index contributed by atoms with van der Waals surface area (Å²) in [5.41, 5.74) is 0. The van der Waals surface area contributed by atoms with E-state index in [9.17, 15) is 4.79 Å². The van der Waals surface area contributed by atoms with Crippen LogP contribution in [0.25, 0.3) is 0 Å². The van der Waals surface area contributed by atoms with E-state index in [2.05, 4.69) is 37.9 Å². The van der Waals surface area contributed by atoms with Gasteiger partial charge in [-0.05, 0) is 58.5 Å². The first-order chi connectivity index (χ1) is 9.58. The Labute approximate surface area is 125 Å². The Balaban J connectivity index is 2.27. The number of nitrogens with zero attached hydrogens (tertiary/aromatic N) is 1. The highest BCUT2D eigenvalue weighted by molar-refractivity contribution is 5.78. The topological polar surface area (TPSA) is 32.3 Å². The van der Waals surface area contributed by atoms with Crippen molar-refractivity contribution < 1.29 is 4.79 Å². The zero-order chi connectivity index (χ0) is 15.0. The van der Waals surface area contributed by atoms with Gasteiger partial charge in [0.2, 0.25) is 5.91 Å². The highest BCUT2D eigenvalue weighted by atomic mass is 16.1. The first-order valence-electron chi connectivity index (χ1n) is 8.60. The van der Waals surface area contributed by atoms with Crippen LogP contribution < -0.4 is 5.32 Å². The Bertz CT molecular complexity index is 264. The predicted molar refractivity (Wildman–Crippen MR) is 85.7 cm³/mol. The molecule has 1 N–H and O–H groups in total. The molecule has 0 unspecified atom stereocenters. The van der Waals surface area contributed by atoms with Gasteiger partial charge in [-0.2, -0.15) is 0 Å². The second-order valence-corrected chi connectivity index (χ2v) is 6.59. The highest BCUT2D eigenvalue weighted by Gasteiger charge is 2.22. The fourth-order valence-electron chi connectivity index (χ4n) is 3.17. The molecule has 0 atom stereocenters. The Morgan fingerprint density at radius 1 is 1.15 bits per heavy atom. The molecule has 0 aromatic rings. The summed E-state index contributed by atoms with van der Waals surface area (Å²) in [7, 11) is 0. The van der Waals surface area contributed by atoms with E-state index >= 15 is 0 Å². The van der Waals surface area contributed by atoms with Crippen LogP contribution in [0.2, 0.25) is 0 Å². The van der Waals surface area contributed by atoms with E-state index < -0.39 is 0 Å². The molecule has 0 aromatic heterocycles. The van der Waals surface area contributed by atoms with Crippen LogP contribution in [-0.2, 0) is 4.79 Å². The fourth-order valence-corrected chi connectivity index (χ4v) is 3.17. The molecule has 20 heavy (non-hydrogen) atoms. The number of hydrogen-bond acceptors (Lipinski definition) is 2. The molecule has 118 valence electrons. The van der Waals surface area contributed by atoms with Crippen molar-refractivity contribution in [1.29, 1.82) is 0 Å². The van der Waals surface area contributed by atoms with Gasteiger partial charge in [0.25, 0.3) is 0 Å². The molecule has 1 rings (SSSR count). The van der Waals surface area contributed by atoms with Gasteiger partial charge >= 0.3 is 0 Å². The maximum atomic E-state index is 12.2. The van der Waals surface area contributed by atoms with Gasteiger partial charge in [-0.25, -0.2) is 0 Å². The molecule has 3 nitrogen and oxygen atoms in total. The lowest BCUT2D eigenvalue weighted by atomic mass is 9.94. The lowest BCUT2D eigenvalue weighted by molar-refractivity contribution is -0.125. The molecule has 1 fully saturated rings. The minimum Gasteiger partial charge on any atom is -0.356 e. The van der Waals surface area contributed by atoms with Crippen molar-refractivity contribution in [3.8, 4) is 0 Å². The normalized spacial score (nSPS) is 17.9. The number of rotatable bonds is 8. The summed E-state index contributed by atoms with van der Waals surface area (Å²) in [4.78, 5) is 14.8. The summed E-state index contributed by atoms with van der Waals surface area (Å²) in [6, 6.07) is 0.657. The third-order valence-corrected chi connectivity index (χ3v) is 4.59. The van der Waals surface area contributed by atoms with E-state index in [-0.39, 0.29) is 5.92 Å². The molecule has 0 aromatic carbocycles. The van der Waals surface area contributed by atoms with Crippen molar-refractivity contribution in [1.82, 2.24) is 10.2 Å². The molecular weight excluding hydrogens is 248 g/mol. The molecule has 1 amide bonds. The molecular formula is C17H34N2O. The van der Waals surface area contributed by atoms with Crippen LogP contribution in [0.3, 0.4) is 0 Å². The van der Waals surface area contributed by atoms with Gasteiger partial charge in [0.1, 0.15) is 0 Å². The van der Waals surface area contributed by atoms with Crippen molar-refractivity contribution in [3.63, 3.8) is 0 Å². The quantitative estimate of drug-likeness (QED) is 0.739. The van der Waals surface area contributed by atoms with Crippen LogP contribution in [0.15, 0.2) is 0 Å². The van der Waals surface area contributed by atoms with Crippen LogP contribution in [-0.4, -0.2) is 36.5 Å². The molecule has 1 aliphatic rings. The van der Waals surface area contributed by atoms with Gasteiger partial charge in [0.05, 0.1) is 0 Å². The van der Waals surface area contributed by atoms with Crippen molar-refractivity contribution in [3.05, 3.63) is 0 Å². The molecule has 1 aliphatic heterocycles. The zero-order valence-electron chi connectivity index (χ0n) is 14.0. The average molecular weight is 282 g/mol. The highest BCUT2D eigenvalue weighted by Crippen LogP contribution is 2.19. The van der Waals surface area contributed by atoms with E-state index in [1.54, 1.807) is 0 Å². The van der Waals surface area contributed by atoms with Crippen molar-refractivity contribution >= 4 is 5.91 Å². The molecule has 1 heterocycles. The Kier molecular flexibility index (Phi) is 8.20. The Morgan fingerprint density at radius 3 is 2.15 bits per heavy atom. The standard InChI is InChI=1S/C17H34N2O/c1-5-7-16(8-6-2)17(20)18-13-15-9-11-19(12-10-15)14(3)4/h14-16H,5-13H2,1-4H3,(H,18,20). The molecule has 0 spiro atoms. The van der Waals surface area contributed by atoms with Crippen LogP contribution in [0, 0.1) is 11.8 Å². The molecule has 3 heteroatoms. The van der Waals surface area contributed by atoms with E-state index in [0.717, 1.165) is 32.2 Å². The van der Waals surface area contributed by atoms with Gasteiger partial charge in [-0.3, -0.25) is 4.79 Å². The van der Waals surface area contributed by atoms with Crippen LogP contribution in [0.5, 0.6) is 0 Å². The van der Waals surface area contributed by atoms with Crippen LogP contribution >= 0.6 is 0 Å². The SMILES string of the molecule is CCCC(CCC)C(=O)NCC1CCN(C(C)C)CC1. The van der Waals surface area contributed by atoms with E-state index in [4.69, 9.17) is 0 Å². The van der Waals surface area contributed by atoms with Crippen molar-refractivity contribution in [2.45, 2.75) is 72.3 Å². The van der Waals surface area contributed by atoms with E-state index in [1.807, 2.05) is 0 Å². The third kappa shape index (κ3) is 5.82. The number of amides is 1. The molecule has 0 radical (unpaired) electrons. The number of nitrogens with one attached hydrogen (secondary N) is 1. The fraction of sp³-hybridized carbons (Fsp3) is 0.941. The largest absolute Gasteiger partial charge is 0.356 e. The van der Waals surface area contributed by atoms with E-state index in [1.165, 1.54) is 25.9 Å². The lowest BCUT2D eigenvalue weighted by Crippen LogP contribution is -2.42. The van der Waals surface area contributed by atoms with Gasteiger partial charge < -0.3 is 10.2 Å². The third-order valence-electron chi connectivity index (χ3n) is 4.59. The van der Waals surface area contributed by atoms with Gasteiger partial charge in [-0.1, -0.05) is 26.7 Å². The molecule has 0 bridgehead atoms. The van der Waals surface area contributed by atoms with Crippen LogP contribution in [0.4, 0.5) is 0 Å². The average Bonchev–Trinajstić information content (AvgIpc) is 2.45. The summed E-state index contributed by atoms with van der Waals surface area (Å²) < 4.78 is 0. The van der Waals surface area contributed by atoms with Crippen molar-refractivity contribution in [2.75, 3.05) is 19.6 Å². The first kappa shape index (κ1) is 17.5. The second kappa shape index (κ2) is 9.38. The summed E-state index contributed by atoms with van der Waals surface area (Å²) in [6.45, 7) is 12.1. The summed E-state index contributed by atoms with van der Waals surface area (Å²) in [5.74, 6) is 1.21. The van der Waals surface area contributed by atoms with Gasteiger partial charge in [-0.15, -0.1) is 0 Å². The zero-order valence-corrected chi connectivity index (χ0v) is 14.0. The predicted octanol–water partition coefficient (Wildman–Crippen LogP) is 3.44. The smallest absolute Gasteiger partial charge is 0.223 e. The summed E-state index contributed by atoms with van der Waals surface area (Å²) in [5, 5.41) is 3.21. The van der Waals surface area contributed by atoms with E-state index in [0.29, 0.717) is 17.9 Å². The molecule has 0 saturated carbocycles. The minimum absolute atomic E-state index is 0.237. The summed E-state index contributed by atoms with van der Waals surface area (Å²) in [6.07, 6.45) is 6.72. The number of hydrogen-bond donors (Lipinski definition) is 1. The number of likely N-dealkylation sites (tertiary alicyclic amines) is 1. The van der Waals surface area contributed by atoms with Crippen molar-refractivity contribution in [2.24, 2.45) is 11.8 Å². The molecule has 0 aliphatic carbocycles. The Morgan fingerprint density at radius 2 is 1.70 bits per heavy atom. The first-order valence-corrected chi connectivity index (χ1v) is 8.60. The maximum Gasteiger partial charge on any atom is 0.223 e. The monoisotopic (exact) mass is 282 g/mol. The Hall–Kier alpha value is -0.570. The minimum atomic E-state index is 0.237. The van der Waals surface area contributed by atoms with Gasteiger partial charge in [0, 0.05) is 18.5 Å². The number of piperidine rings is 1. The van der Waals surface area contributed by atoms with Crippen LogP contribution in [0.1, 0.15) is 66.2 Å². The number of carbonyl (C=O) groups excluding carboxylic acids is 1. The molecule has 1 saturated heterocycles. The number of carbonyl (C=O) groups is 1.